The maximum absolute atomic E-state index is 12.1. The Balaban J connectivity index is 4.23. The van der Waals surface area contributed by atoms with Crippen LogP contribution in [-0.2, 0) is 0 Å². The van der Waals surface area contributed by atoms with Crippen molar-refractivity contribution in [1.82, 2.24) is 4.90 Å². The molecule has 0 aliphatic carbocycles. The Hall–Kier alpha value is -0.290. The third kappa shape index (κ3) is 7.21. The molecule has 18 heavy (non-hydrogen) atoms. The summed E-state index contributed by atoms with van der Waals surface area (Å²) in [4.78, 5) is 2.10. The van der Waals surface area contributed by atoms with Crippen molar-refractivity contribution in [1.29, 1.82) is 0 Å². The molecule has 0 heterocycles. The first-order chi connectivity index (χ1) is 8.10. The van der Waals surface area contributed by atoms with Gasteiger partial charge in [0, 0.05) is 18.5 Å². The summed E-state index contributed by atoms with van der Waals surface area (Å²) >= 11 is 0. The van der Waals surface area contributed by atoms with Crippen molar-refractivity contribution in [3.8, 4) is 0 Å². The van der Waals surface area contributed by atoms with Gasteiger partial charge in [-0.2, -0.15) is 13.2 Å². The molecule has 2 nitrogen and oxygen atoms in total. The summed E-state index contributed by atoms with van der Waals surface area (Å²) in [5.41, 5.74) is 5.41. The number of likely N-dealkylation sites (N-methyl/N-ethyl adjacent to an activating group) is 1. The van der Waals surface area contributed by atoms with Crippen LogP contribution in [0.25, 0.3) is 0 Å². The number of alkyl halides is 3. The zero-order valence-corrected chi connectivity index (χ0v) is 12.0. The third-order valence-corrected chi connectivity index (χ3v) is 3.58. The molecule has 0 fully saturated rings. The molecule has 0 saturated heterocycles. The maximum Gasteiger partial charge on any atom is 0.389 e. The van der Waals surface area contributed by atoms with Crippen LogP contribution in [0.2, 0.25) is 0 Å². The molecule has 1 unspecified atom stereocenters. The van der Waals surface area contributed by atoms with E-state index in [0.717, 1.165) is 13.0 Å². The number of nitrogens with zero attached hydrogens (tertiary/aromatic N) is 1. The van der Waals surface area contributed by atoms with Gasteiger partial charge in [0.2, 0.25) is 0 Å². The topological polar surface area (TPSA) is 29.3 Å². The van der Waals surface area contributed by atoms with Gasteiger partial charge < -0.3 is 5.73 Å². The number of halogens is 3. The first-order valence-electron chi connectivity index (χ1n) is 6.59. The number of hydrogen-bond acceptors (Lipinski definition) is 2. The van der Waals surface area contributed by atoms with Crippen molar-refractivity contribution < 1.29 is 13.2 Å². The van der Waals surface area contributed by atoms with Crippen LogP contribution in [0.5, 0.6) is 0 Å². The number of nitrogens with two attached hydrogens (primary N) is 1. The average molecular weight is 268 g/mol. The average Bonchev–Trinajstić information content (AvgIpc) is 2.23. The molecular formula is C13H27F3N2. The smallest absolute Gasteiger partial charge is 0.329 e. The van der Waals surface area contributed by atoms with Gasteiger partial charge in [0.05, 0.1) is 0 Å². The van der Waals surface area contributed by atoms with E-state index in [-0.39, 0.29) is 12.0 Å². The fourth-order valence-electron chi connectivity index (χ4n) is 1.84. The molecule has 0 aromatic carbocycles. The van der Waals surface area contributed by atoms with Crippen LogP contribution in [-0.4, -0.2) is 36.8 Å². The summed E-state index contributed by atoms with van der Waals surface area (Å²) in [6.07, 6.45) is -3.13. The zero-order valence-electron chi connectivity index (χ0n) is 12.0. The first kappa shape index (κ1) is 17.7. The summed E-state index contributed by atoms with van der Waals surface area (Å²) < 4.78 is 36.4. The largest absolute Gasteiger partial charge is 0.389 e. The van der Waals surface area contributed by atoms with Crippen molar-refractivity contribution >= 4 is 0 Å². The highest BCUT2D eigenvalue weighted by atomic mass is 19.4. The molecule has 2 N–H and O–H groups in total. The van der Waals surface area contributed by atoms with Crippen molar-refractivity contribution in [3.05, 3.63) is 0 Å². The van der Waals surface area contributed by atoms with Gasteiger partial charge in [0.25, 0.3) is 0 Å². The van der Waals surface area contributed by atoms with Crippen LogP contribution in [0.3, 0.4) is 0 Å². The van der Waals surface area contributed by atoms with Crippen molar-refractivity contribution in [2.75, 3.05) is 20.1 Å². The predicted octanol–water partition coefficient (Wildman–Crippen LogP) is 3.41. The second-order valence-corrected chi connectivity index (χ2v) is 5.77. The molecule has 0 amide bonds. The highest BCUT2D eigenvalue weighted by Gasteiger charge is 2.31. The Morgan fingerprint density at radius 3 is 2.11 bits per heavy atom. The lowest BCUT2D eigenvalue weighted by atomic mass is 9.92. The number of rotatable bonds is 8. The fraction of sp³-hybridized carbons (Fsp3) is 1.00. The Morgan fingerprint density at radius 2 is 1.72 bits per heavy atom. The minimum absolute atomic E-state index is 0.142. The molecule has 0 saturated carbocycles. The molecule has 1 atom stereocenters. The highest BCUT2D eigenvalue weighted by molar-refractivity contribution is 4.85. The Kier molecular flexibility index (Phi) is 7.22. The Morgan fingerprint density at radius 1 is 1.17 bits per heavy atom. The summed E-state index contributed by atoms with van der Waals surface area (Å²) in [6, 6.07) is 0. The molecule has 0 aromatic rings. The van der Waals surface area contributed by atoms with Gasteiger partial charge in [-0.25, -0.2) is 0 Å². The third-order valence-electron chi connectivity index (χ3n) is 3.58. The van der Waals surface area contributed by atoms with Gasteiger partial charge in [-0.3, -0.25) is 4.90 Å². The maximum atomic E-state index is 12.1. The monoisotopic (exact) mass is 268 g/mol. The normalized spacial score (nSPS) is 16.3. The van der Waals surface area contributed by atoms with Crippen LogP contribution in [0, 0.1) is 5.92 Å². The second-order valence-electron chi connectivity index (χ2n) is 5.77. The van der Waals surface area contributed by atoms with E-state index in [9.17, 15) is 13.2 Å². The summed E-state index contributed by atoms with van der Waals surface area (Å²) in [5.74, 6) is 0.588. The quantitative estimate of drug-likeness (QED) is 0.731. The fourth-order valence-corrected chi connectivity index (χ4v) is 1.84. The van der Waals surface area contributed by atoms with E-state index in [2.05, 4.69) is 18.7 Å². The van der Waals surface area contributed by atoms with Crippen molar-refractivity contribution in [2.24, 2.45) is 11.7 Å². The van der Waals surface area contributed by atoms with Gasteiger partial charge in [0.1, 0.15) is 0 Å². The van der Waals surface area contributed by atoms with E-state index in [4.69, 9.17) is 5.73 Å². The lowest BCUT2D eigenvalue weighted by molar-refractivity contribution is -0.136. The van der Waals surface area contributed by atoms with Crippen LogP contribution < -0.4 is 5.73 Å². The van der Waals surface area contributed by atoms with Gasteiger partial charge in [0.15, 0.2) is 0 Å². The molecule has 0 aliphatic rings. The standard InChI is InChI=1S/C13H27F3N2/c1-11(2)6-9-18(4)12(3,10-17)7-5-8-13(14,15)16/h11H,5-10,17H2,1-4H3. The summed E-state index contributed by atoms with van der Waals surface area (Å²) in [5, 5.41) is 0. The summed E-state index contributed by atoms with van der Waals surface area (Å²) in [6.45, 7) is 7.48. The van der Waals surface area contributed by atoms with Crippen LogP contribution in [0.4, 0.5) is 13.2 Å². The Labute approximate surface area is 109 Å². The Bertz CT molecular complexity index is 229. The number of hydrogen-bond donors (Lipinski definition) is 1. The van der Waals surface area contributed by atoms with E-state index in [1.807, 2.05) is 14.0 Å². The molecule has 0 radical (unpaired) electrons. The van der Waals surface area contributed by atoms with E-state index in [1.54, 1.807) is 0 Å². The van der Waals surface area contributed by atoms with E-state index in [1.165, 1.54) is 0 Å². The molecule has 0 bridgehead atoms. The zero-order chi connectivity index (χ0) is 14.4. The minimum Gasteiger partial charge on any atom is -0.329 e. The van der Waals surface area contributed by atoms with Crippen LogP contribution in [0.15, 0.2) is 0 Å². The molecule has 0 aliphatic heterocycles. The van der Waals surface area contributed by atoms with Crippen molar-refractivity contribution in [3.63, 3.8) is 0 Å². The second kappa shape index (κ2) is 7.34. The SMILES string of the molecule is CC(C)CCN(C)C(C)(CN)CCCC(F)(F)F. The first-order valence-corrected chi connectivity index (χ1v) is 6.59. The molecule has 110 valence electrons. The van der Waals surface area contributed by atoms with Crippen molar-refractivity contribution in [2.45, 2.75) is 58.2 Å². The van der Waals surface area contributed by atoms with Gasteiger partial charge >= 0.3 is 6.18 Å². The molecule has 0 rings (SSSR count). The van der Waals surface area contributed by atoms with Gasteiger partial charge in [-0.15, -0.1) is 0 Å². The van der Waals surface area contributed by atoms with Crippen LogP contribution >= 0.6 is 0 Å². The van der Waals surface area contributed by atoms with Gasteiger partial charge in [-0.05, 0) is 45.7 Å². The van der Waals surface area contributed by atoms with Crippen LogP contribution in [0.1, 0.15) is 46.5 Å². The molecular weight excluding hydrogens is 241 g/mol. The van der Waals surface area contributed by atoms with E-state index < -0.39 is 12.6 Å². The van der Waals surface area contributed by atoms with E-state index >= 15 is 0 Å². The minimum atomic E-state index is -4.06. The van der Waals surface area contributed by atoms with E-state index in [0.29, 0.717) is 18.9 Å². The lowest BCUT2D eigenvalue weighted by Crippen LogP contribution is -2.50. The lowest BCUT2D eigenvalue weighted by Gasteiger charge is -2.38. The molecule has 0 spiro atoms. The molecule has 5 heteroatoms. The highest BCUT2D eigenvalue weighted by Crippen LogP contribution is 2.27. The van der Waals surface area contributed by atoms with Gasteiger partial charge in [-0.1, -0.05) is 13.8 Å². The predicted molar refractivity (Wildman–Crippen MR) is 69.5 cm³/mol. The molecule has 0 aromatic heterocycles. The summed E-state index contributed by atoms with van der Waals surface area (Å²) in [7, 11) is 1.95.